The quantitative estimate of drug-likeness (QED) is 0.416. The van der Waals surface area contributed by atoms with Crippen LogP contribution >= 0.6 is 0 Å². The molecule has 1 amide bonds. The molecule has 1 aliphatic heterocycles. The predicted octanol–water partition coefficient (Wildman–Crippen LogP) is 6.76. The van der Waals surface area contributed by atoms with Gasteiger partial charge in [0.05, 0.1) is 0 Å². The number of aromatic hydroxyl groups is 1. The standard InChI is InChI=1S/C28H43NO3/c1-7-9-10-11-14-27(3,4)20-17-23(30)25-21-16-19(26(31)29-15-8-2)12-13-22(21)28(5,6)32-24(25)18-20/h12,17-18,21-22,30H,7-11,13-16H2,1-6H3,(H,29,31)/t21-,22-/m1/s1. The Morgan fingerprint density at radius 1 is 1.19 bits per heavy atom. The lowest BCUT2D eigenvalue weighted by Crippen LogP contribution is -2.46. The van der Waals surface area contributed by atoms with E-state index >= 15 is 0 Å². The number of amides is 1. The molecule has 1 aromatic rings. The Morgan fingerprint density at radius 3 is 2.62 bits per heavy atom. The van der Waals surface area contributed by atoms with Gasteiger partial charge in [0.2, 0.25) is 5.91 Å². The van der Waals surface area contributed by atoms with Crippen LogP contribution in [-0.2, 0) is 10.2 Å². The van der Waals surface area contributed by atoms with Gasteiger partial charge >= 0.3 is 0 Å². The monoisotopic (exact) mass is 441 g/mol. The zero-order valence-corrected chi connectivity index (χ0v) is 21.0. The molecule has 0 bridgehead atoms. The number of benzene rings is 1. The molecule has 4 nitrogen and oxygen atoms in total. The lowest BCUT2D eigenvalue weighted by atomic mass is 9.66. The summed E-state index contributed by atoms with van der Waals surface area (Å²) in [6.07, 6.45) is 10.5. The second kappa shape index (κ2) is 9.89. The second-order valence-corrected chi connectivity index (χ2v) is 10.9. The van der Waals surface area contributed by atoms with Crippen LogP contribution in [0.3, 0.4) is 0 Å². The maximum Gasteiger partial charge on any atom is 0.246 e. The number of rotatable bonds is 9. The van der Waals surface area contributed by atoms with Crippen LogP contribution in [0, 0.1) is 5.92 Å². The van der Waals surface area contributed by atoms with Crippen LogP contribution in [0.5, 0.6) is 11.5 Å². The number of carbonyl (C=O) groups excluding carboxylic acids is 1. The van der Waals surface area contributed by atoms with E-state index in [-0.39, 0.29) is 28.8 Å². The van der Waals surface area contributed by atoms with Crippen LogP contribution in [0.4, 0.5) is 0 Å². The van der Waals surface area contributed by atoms with Crippen LogP contribution in [0.1, 0.15) is 110 Å². The smallest absolute Gasteiger partial charge is 0.246 e. The van der Waals surface area contributed by atoms with Gasteiger partial charge in [0, 0.05) is 29.5 Å². The molecule has 2 N–H and O–H groups in total. The molecule has 0 saturated heterocycles. The van der Waals surface area contributed by atoms with Gasteiger partial charge in [-0.15, -0.1) is 0 Å². The first-order chi connectivity index (χ1) is 15.1. The maximum absolute atomic E-state index is 12.6. The van der Waals surface area contributed by atoms with Gasteiger partial charge in [-0.1, -0.05) is 59.5 Å². The van der Waals surface area contributed by atoms with Crippen molar-refractivity contribution >= 4 is 5.91 Å². The Bertz CT molecular complexity index is 852. The van der Waals surface area contributed by atoms with Crippen LogP contribution in [0.25, 0.3) is 0 Å². The molecular formula is C28H43NO3. The molecule has 1 aromatic carbocycles. The zero-order chi connectivity index (χ0) is 23.5. The summed E-state index contributed by atoms with van der Waals surface area (Å²) in [6, 6.07) is 4.11. The number of hydrogen-bond acceptors (Lipinski definition) is 3. The number of nitrogens with one attached hydrogen (secondary N) is 1. The molecular weight excluding hydrogens is 398 g/mol. The third-order valence-electron chi connectivity index (χ3n) is 7.56. The van der Waals surface area contributed by atoms with Crippen molar-refractivity contribution in [3.8, 4) is 11.5 Å². The molecule has 178 valence electrons. The Morgan fingerprint density at radius 2 is 1.94 bits per heavy atom. The molecule has 1 aliphatic carbocycles. The van der Waals surface area contributed by atoms with Gasteiger partial charge in [0.15, 0.2) is 0 Å². The van der Waals surface area contributed by atoms with Crippen molar-refractivity contribution in [2.45, 2.75) is 110 Å². The van der Waals surface area contributed by atoms with Crippen LogP contribution in [0.2, 0.25) is 0 Å². The minimum atomic E-state index is -0.351. The highest BCUT2D eigenvalue weighted by Crippen LogP contribution is 2.55. The number of carbonyl (C=O) groups is 1. The van der Waals surface area contributed by atoms with E-state index in [9.17, 15) is 9.90 Å². The Kier molecular flexibility index (Phi) is 7.62. The fraction of sp³-hybridized carbons (Fsp3) is 0.679. The van der Waals surface area contributed by atoms with E-state index in [0.717, 1.165) is 41.7 Å². The van der Waals surface area contributed by atoms with E-state index in [1.165, 1.54) is 25.7 Å². The van der Waals surface area contributed by atoms with Crippen LogP contribution in [-0.4, -0.2) is 23.2 Å². The maximum atomic E-state index is 12.6. The third kappa shape index (κ3) is 5.15. The minimum absolute atomic E-state index is 0.0255. The number of fused-ring (bicyclic) bond motifs is 3. The number of phenols is 1. The highest BCUT2D eigenvalue weighted by atomic mass is 16.5. The van der Waals surface area contributed by atoms with Crippen LogP contribution < -0.4 is 10.1 Å². The fourth-order valence-corrected chi connectivity index (χ4v) is 5.46. The predicted molar refractivity (Wildman–Crippen MR) is 131 cm³/mol. The SMILES string of the molecule is CCCCCCC(C)(C)c1cc(O)c2c(c1)OC(C)(C)[C@@H]1CC=C(C(=O)NCCC)C[C@@H]21. The minimum Gasteiger partial charge on any atom is -0.508 e. The number of allylic oxidation sites excluding steroid dienone is 1. The molecule has 0 aromatic heterocycles. The highest BCUT2D eigenvalue weighted by Gasteiger charge is 2.47. The van der Waals surface area contributed by atoms with Crippen molar-refractivity contribution in [1.82, 2.24) is 5.32 Å². The molecule has 0 spiro atoms. The van der Waals surface area contributed by atoms with E-state index in [1.807, 2.05) is 6.07 Å². The fourth-order valence-electron chi connectivity index (χ4n) is 5.46. The van der Waals surface area contributed by atoms with Crippen molar-refractivity contribution in [3.05, 3.63) is 34.9 Å². The number of hydrogen-bond donors (Lipinski definition) is 2. The second-order valence-electron chi connectivity index (χ2n) is 10.9. The van der Waals surface area contributed by atoms with E-state index in [1.54, 1.807) is 0 Å². The summed E-state index contributed by atoms with van der Waals surface area (Å²) in [5, 5.41) is 14.2. The molecule has 2 aliphatic rings. The summed E-state index contributed by atoms with van der Waals surface area (Å²) >= 11 is 0. The van der Waals surface area contributed by atoms with E-state index in [4.69, 9.17) is 4.74 Å². The van der Waals surface area contributed by atoms with Gasteiger partial charge in [0.25, 0.3) is 0 Å². The lowest BCUT2D eigenvalue weighted by molar-refractivity contribution is -0.118. The zero-order valence-electron chi connectivity index (χ0n) is 21.0. The molecule has 1 heterocycles. The van der Waals surface area contributed by atoms with Gasteiger partial charge in [-0.3, -0.25) is 4.79 Å². The first kappa shape index (κ1) is 24.7. The molecule has 0 radical (unpaired) electrons. The summed E-state index contributed by atoms with van der Waals surface area (Å²) < 4.78 is 6.52. The van der Waals surface area contributed by atoms with Gasteiger partial charge < -0.3 is 15.2 Å². The summed E-state index contributed by atoms with van der Waals surface area (Å²) in [6.45, 7) is 13.8. The summed E-state index contributed by atoms with van der Waals surface area (Å²) in [7, 11) is 0. The third-order valence-corrected chi connectivity index (χ3v) is 7.56. The molecule has 0 unspecified atom stereocenters. The number of unbranched alkanes of at least 4 members (excludes halogenated alkanes) is 3. The molecule has 2 atom stereocenters. The van der Waals surface area contributed by atoms with Crippen molar-refractivity contribution in [2.24, 2.45) is 5.92 Å². The van der Waals surface area contributed by atoms with Gasteiger partial charge in [-0.2, -0.15) is 0 Å². The van der Waals surface area contributed by atoms with Crippen molar-refractivity contribution in [1.29, 1.82) is 0 Å². The molecule has 0 fully saturated rings. The molecule has 32 heavy (non-hydrogen) atoms. The largest absolute Gasteiger partial charge is 0.508 e. The average Bonchev–Trinajstić information content (AvgIpc) is 2.73. The van der Waals surface area contributed by atoms with E-state index in [0.29, 0.717) is 18.7 Å². The Hall–Kier alpha value is -1.97. The average molecular weight is 442 g/mol. The van der Waals surface area contributed by atoms with Crippen LogP contribution in [0.15, 0.2) is 23.8 Å². The molecule has 3 rings (SSSR count). The topological polar surface area (TPSA) is 58.6 Å². The highest BCUT2D eigenvalue weighted by molar-refractivity contribution is 5.93. The normalized spacial score (nSPS) is 21.8. The van der Waals surface area contributed by atoms with Crippen molar-refractivity contribution < 1.29 is 14.6 Å². The molecule has 0 saturated carbocycles. The molecule has 4 heteroatoms. The first-order valence-corrected chi connectivity index (χ1v) is 12.6. The summed E-state index contributed by atoms with van der Waals surface area (Å²) in [4.78, 5) is 12.6. The number of phenolic OH excluding ortho intramolecular Hbond substituents is 1. The summed E-state index contributed by atoms with van der Waals surface area (Å²) in [5.74, 6) is 1.46. The first-order valence-electron chi connectivity index (χ1n) is 12.6. The van der Waals surface area contributed by atoms with Crippen molar-refractivity contribution in [2.75, 3.05) is 6.54 Å². The van der Waals surface area contributed by atoms with E-state index in [2.05, 4.69) is 59.0 Å². The van der Waals surface area contributed by atoms with Gasteiger partial charge in [0.1, 0.15) is 17.1 Å². The summed E-state index contributed by atoms with van der Waals surface area (Å²) in [5.41, 5.74) is 2.47. The Balaban J connectivity index is 1.90. The number of ether oxygens (including phenoxy) is 1. The Labute approximate surface area is 194 Å². The van der Waals surface area contributed by atoms with Crippen molar-refractivity contribution in [3.63, 3.8) is 0 Å². The van der Waals surface area contributed by atoms with E-state index < -0.39 is 0 Å². The van der Waals surface area contributed by atoms with Gasteiger partial charge in [-0.25, -0.2) is 0 Å². The lowest BCUT2D eigenvalue weighted by Gasteiger charge is -2.47. The van der Waals surface area contributed by atoms with Gasteiger partial charge in [-0.05, 0) is 62.6 Å².